The van der Waals surface area contributed by atoms with Crippen molar-refractivity contribution >= 4 is 5.69 Å². The average Bonchev–Trinajstić information content (AvgIpc) is 2.39. The van der Waals surface area contributed by atoms with Gasteiger partial charge in [-0.25, -0.2) is 0 Å². The highest BCUT2D eigenvalue weighted by Gasteiger charge is 2.19. The van der Waals surface area contributed by atoms with Crippen LogP contribution in [0.3, 0.4) is 0 Å². The van der Waals surface area contributed by atoms with Crippen LogP contribution in [0.25, 0.3) is 0 Å². The van der Waals surface area contributed by atoms with Gasteiger partial charge in [0.15, 0.2) is 0 Å². The number of nitrogens with zero attached hydrogens (tertiary/aromatic N) is 2. The van der Waals surface area contributed by atoms with Gasteiger partial charge in [0.25, 0.3) is 0 Å². The topological polar surface area (TPSA) is 27.0 Å². The molecule has 90 valence electrons. The van der Waals surface area contributed by atoms with E-state index in [0.29, 0.717) is 0 Å². The van der Waals surface area contributed by atoms with Gasteiger partial charge in [-0.3, -0.25) is 0 Å². The second kappa shape index (κ2) is 5.23. The lowest BCUT2D eigenvalue weighted by molar-refractivity contribution is 0.395. The van der Waals surface area contributed by atoms with E-state index >= 15 is 0 Å². The van der Waals surface area contributed by atoms with Gasteiger partial charge in [0.05, 0.1) is 11.3 Å². The van der Waals surface area contributed by atoms with E-state index in [9.17, 15) is 5.26 Å². The quantitative estimate of drug-likeness (QED) is 0.774. The summed E-state index contributed by atoms with van der Waals surface area (Å²) in [6, 6.07) is 8.50. The minimum Gasteiger partial charge on any atom is -0.370 e. The maximum Gasteiger partial charge on any atom is 0.101 e. The minimum atomic E-state index is 0.819. The van der Waals surface area contributed by atoms with Crippen LogP contribution >= 0.6 is 0 Å². The van der Waals surface area contributed by atoms with Crippen molar-refractivity contribution in [3.63, 3.8) is 0 Å². The fraction of sp³-hybridized carbons (Fsp3) is 0.533. The maximum absolute atomic E-state index is 9.20. The number of anilines is 1. The minimum absolute atomic E-state index is 0.819. The average molecular weight is 228 g/mol. The highest BCUT2D eigenvalue weighted by Crippen LogP contribution is 2.27. The molecule has 1 aromatic rings. The maximum atomic E-state index is 9.20. The van der Waals surface area contributed by atoms with Gasteiger partial charge < -0.3 is 4.90 Å². The molecule has 2 rings (SSSR count). The first-order valence-corrected chi connectivity index (χ1v) is 6.50. The van der Waals surface area contributed by atoms with E-state index < -0.39 is 0 Å². The Hall–Kier alpha value is -1.49. The molecule has 0 spiro atoms. The summed E-state index contributed by atoms with van der Waals surface area (Å²) in [7, 11) is 0. The Morgan fingerprint density at radius 2 is 2.06 bits per heavy atom. The highest BCUT2D eigenvalue weighted by atomic mass is 15.1. The van der Waals surface area contributed by atoms with Crippen LogP contribution in [0.15, 0.2) is 18.2 Å². The molecule has 0 unspecified atom stereocenters. The smallest absolute Gasteiger partial charge is 0.101 e. The van der Waals surface area contributed by atoms with E-state index in [1.165, 1.54) is 19.3 Å². The van der Waals surface area contributed by atoms with Crippen molar-refractivity contribution in [2.75, 3.05) is 18.0 Å². The van der Waals surface area contributed by atoms with Gasteiger partial charge in [-0.1, -0.05) is 19.4 Å². The zero-order valence-electron chi connectivity index (χ0n) is 10.7. The van der Waals surface area contributed by atoms with Crippen LogP contribution in [0.2, 0.25) is 0 Å². The summed E-state index contributed by atoms with van der Waals surface area (Å²) >= 11 is 0. The number of hydrogen-bond acceptors (Lipinski definition) is 2. The SMILES string of the molecule is CCC1CCN(c2ccc(C)cc2C#N)CC1. The number of nitriles is 1. The van der Waals surface area contributed by atoms with Gasteiger partial charge >= 0.3 is 0 Å². The Balaban J connectivity index is 2.16. The Bertz CT molecular complexity index is 423. The summed E-state index contributed by atoms with van der Waals surface area (Å²) in [5, 5.41) is 9.20. The number of hydrogen-bond donors (Lipinski definition) is 0. The van der Waals surface area contributed by atoms with E-state index in [0.717, 1.165) is 35.8 Å². The normalized spacial score (nSPS) is 16.9. The van der Waals surface area contributed by atoms with Crippen LogP contribution < -0.4 is 4.90 Å². The van der Waals surface area contributed by atoms with Gasteiger partial charge in [0.1, 0.15) is 6.07 Å². The van der Waals surface area contributed by atoms with Gasteiger partial charge in [-0.15, -0.1) is 0 Å². The molecule has 1 fully saturated rings. The third kappa shape index (κ3) is 2.61. The van der Waals surface area contributed by atoms with E-state index in [1.54, 1.807) is 0 Å². The van der Waals surface area contributed by atoms with Crippen LogP contribution in [-0.2, 0) is 0 Å². The van der Waals surface area contributed by atoms with E-state index in [2.05, 4.69) is 30.0 Å². The predicted octanol–water partition coefficient (Wildman–Crippen LogP) is 3.49. The molecule has 1 aromatic carbocycles. The van der Waals surface area contributed by atoms with Crippen molar-refractivity contribution in [1.29, 1.82) is 5.26 Å². The van der Waals surface area contributed by atoms with Crippen molar-refractivity contribution < 1.29 is 0 Å². The molecule has 0 aromatic heterocycles. The van der Waals surface area contributed by atoms with Crippen LogP contribution in [0.5, 0.6) is 0 Å². The van der Waals surface area contributed by atoms with Crippen LogP contribution in [0.4, 0.5) is 5.69 Å². The third-order valence-electron chi connectivity index (χ3n) is 3.81. The standard InChI is InChI=1S/C15H20N2/c1-3-13-6-8-17(9-7-13)15-5-4-12(2)10-14(15)11-16/h4-5,10,13H,3,6-9H2,1-2H3. The van der Waals surface area contributed by atoms with Crippen LogP contribution in [0.1, 0.15) is 37.3 Å². The molecule has 0 aliphatic carbocycles. The summed E-state index contributed by atoms with van der Waals surface area (Å²) in [5.41, 5.74) is 3.10. The molecule has 17 heavy (non-hydrogen) atoms. The first-order valence-electron chi connectivity index (χ1n) is 6.50. The molecular formula is C15H20N2. The highest BCUT2D eigenvalue weighted by molar-refractivity contribution is 5.60. The van der Waals surface area contributed by atoms with E-state index in [-0.39, 0.29) is 0 Å². The lowest BCUT2D eigenvalue weighted by atomic mass is 9.93. The summed E-state index contributed by atoms with van der Waals surface area (Å²) < 4.78 is 0. The number of piperidine rings is 1. The Morgan fingerprint density at radius 1 is 1.35 bits per heavy atom. The fourth-order valence-corrected chi connectivity index (χ4v) is 2.60. The second-order valence-corrected chi connectivity index (χ2v) is 4.97. The monoisotopic (exact) mass is 228 g/mol. The van der Waals surface area contributed by atoms with Crippen molar-refractivity contribution in [3.05, 3.63) is 29.3 Å². The van der Waals surface area contributed by atoms with Gasteiger partial charge in [0.2, 0.25) is 0 Å². The van der Waals surface area contributed by atoms with Gasteiger partial charge in [-0.05, 0) is 43.4 Å². The molecule has 1 aliphatic rings. The number of aryl methyl sites for hydroxylation is 1. The molecule has 0 N–H and O–H groups in total. The molecule has 0 saturated carbocycles. The van der Waals surface area contributed by atoms with Crippen molar-refractivity contribution in [2.45, 2.75) is 33.1 Å². The Morgan fingerprint density at radius 3 is 2.65 bits per heavy atom. The molecule has 0 atom stereocenters. The van der Waals surface area contributed by atoms with Crippen molar-refractivity contribution in [3.8, 4) is 6.07 Å². The molecule has 1 saturated heterocycles. The Kier molecular flexibility index (Phi) is 3.68. The zero-order chi connectivity index (χ0) is 12.3. The number of rotatable bonds is 2. The Labute approximate surface area is 104 Å². The lowest BCUT2D eigenvalue weighted by Gasteiger charge is -2.33. The first kappa shape index (κ1) is 12.0. The largest absolute Gasteiger partial charge is 0.370 e. The molecule has 1 aliphatic heterocycles. The number of benzene rings is 1. The van der Waals surface area contributed by atoms with Gasteiger partial charge in [-0.2, -0.15) is 5.26 Å². The molecule has 1 heterocycles. The van der Waals surface area contributed by atoms with Crippen molar-refractivity contribution in [2.24, 2.45) is 5.92 Å². The van der Waals surface area contributed by atoms with E-state index in [4.69, 9.17) is 0 Å². The molecule has 2 nitrogen and oxygen atoms in total. The third-order valence-corrected chi connectivity index (χ3v) is 3.81. The predicted molar refractivity (Wildman–Crippen MR) is 71.1 cm³/mol. The summed E-state index contributed by atoms with van der Waals surface area (Å²) in [5.74, 6) is 0.877. The fourth-order valence-electron chi connectivity index (χ4n) is 2.60. The molecule has 0 amide bonds. The first-order chi connectivity index (χ1) is 8.24. The van der Waals surface area contributed by atoms with Crippen LogP contribution in [0, 0.1) is 24.2 Å². The summed E-state index contributed by atoms with van der Waals surface area (Å²) in [4.78, 5) is 2.37. The van der Waals surface area contributed by atoms with Crippen LogP contribution in [-0.4, -0.2) is 13.1 Å². The molecular weight excluding hydrogens is 208 g/mol. The zero-order valence-corrected chi connectivity index (χ0v) is 10.7. The van der Waals surface area contributed by atoms with E-state index in [1.807, 2.05) is 13.0 Å². The lowest BCUT2D eigenvalue weighted by Crippen LogP contribution is -2.33. The summed E-state index contributed by atoms with van der Waals surface area (Å²) in [6.07, 6.45) is 3.80. The molecule has 0 radical (unpaired) electrons. The second-order valence-electron chi connectivity index (χ2n) is 4.97. The van der Waals surface area contributed by atoms with Crippen molar-refractivity contribution in [1.82, 2.24) is 0 Å². The van der Waals surface area contributed by atoms with Gasteiger partial charge in [0, 0.05) is 13.1 Å². The molecule has 2 heteroatoms. The summed E-state index contributed by atoms with van der Waals surface area (Å²) in [6.45, 7) is 6.49. The molecule has 0 bridgehead atoms.